The third-order valence-corrected chi connectivity index (χ3v) is 3.70. The number of nitrogens with zero attached hydrogens (tertiary/aromatic N) is 5. The van der Waals surface area contributed by atoms with E-state index in [0.29, 0.717) is 0 Å². The molecular formula is C14H21N5O. The number of ether oxygens (including phenoxy) is 1. The fourth-order valence-electron chi connectivity index (χ4n) is 2.57. The van der Waals surface area contributed by atoms with E-state index in [2.05, 4.69) is 38.5 Å². The molecule has 0 saturated carbocycles. The van der Waals surface area contributed by atoms with Crippen molar-refractivity contribution in [1.29, 1.82) is 0 Å². The zero-order valence-electron chi connectivity index (χ0n) is 12.1. The molecule has 0 aliphatic carbocycles. The molecule has 1 fully saturated rings. The van der Waals surface area contributed by atoms with Crippen LogP contribution in [0, 0.1) is 0 Å². The van der Waals surface area contributed by atoms with Gasteiger partial charge in [0.2, 0.25) is 0 Å². The van der Waals surface area contributed by atoms with E-state index in [4.69, 9.17) is 4.74 Å². The molecule has 108 valence electrons. The minimum absolute atomic E-state index is 0.0744. The highest BCUT2D eigenvalue weighted by atomic mass is 16.5. The molecule has 2 aromatic rings. The first kappa shape index (κ1) is 13.5. The van der Waals surface area contributed by atoms with E-state index < -0.39 is 0 Å². The molecule has 6 nitrogen and oxygen atoms in total. The topological polar surface area (TPSA) is 56.1 Å². The van der Waals surface area contributed by atoms with E-state index in [-0.39, 0.29) is 6.23 Å². The molecule has 1 aliphatic rings. The summed E-state index contributed by atoms with van der Waals surface area (Å²) in [6.07, 6.45) is 7.81. The third kappa shape index (κ3) is 2.66. The molecule has 6 heteroatoms. The van der Waals surface area contributed by atoms with Gasteiger partial charge < -0.3 is 9.64 Å². The van der Waals surface area contributed by atoms with Crippen LogP contribution in [-0.2, 0) is 11.2 Å². The zero-order valence-corrected chi connectivity index (χ0v) is 12.1. The lowest BCUT2D eigenvalue weighted by atomic mass is 10.2. The summed E-state index contributed by atoms with van der Waals surface area (Å²) in [5.74, 6) is 0. The largest absolute Gasteiger partial charge is 0.358 e. The van der Waals surface area contributed by atoms with Crippen molar-refractivity contribution in [2.45, 2.75) is 31.9 Å². The summed E-state index contributed by atoms with van der Waals surface area (Å²) in [6.45, 7) is 1.78. The maximum atomic E-state index is 5.82. The van der Waals surface area contributed by atoms with Crippen LogP contribution in [0.15, 0.2) is 12.7 Å². The molecule has 3 rings (SSSR count). The van der Waals surface area contributed by atoms with Gasteiger partial charge in [0.15, 0.2) is 5.65 Å². The lowest BCUT2D eigenvalue weighted by Gasteiger charge is -2.23. The molecule has 1 saturated heterocycles. The Kier molecular flexibility index (Phi) is 3.93. The fourth-order valence-corrected chi connectivity index (χ4v) is 2.57. The van der Waals surface area contributed by atoms with Crippen LogP contribution in [0.4, 0.5) is 0 Å². The van der Waals surface area contributed by atoms with Gasteiger partial charge in [-0.3, -0.25) is 4.57 Å². The van der Waals surface area contributed by atoms with E-state index in [9.17, 15) is 0 Å². The van der Waals surface area contributed by atoms with Crippen molar-refractivity contribution in [1.82, 2.24) is 24.4 Å². The Bertz CT molecular complexity index is 574. The van der Waals surface area contributed by atoms with E-state index in [1.54, 1.807) is 6.33 Å². The Morgan fingerprint density at radius 3 is 2.95 bits per heavy atom. The molecule has 1 unspecified atom stereocenters. The van der Waals surface area contributed by atoms with Crippen LogP contribution in [0.25, 0.3) is 11.2 Å². The van der Waals surface area contributed by atoms with Gasteiger partial charge >= 0.3 is 0 Å². The number of rotatable bonds is 4. The molecule has 0 amide bonds. The fraction of sp³-hybridized carbons (Fsp3) is 0.643. The van der Waals surface area contributed by atoms with Crippen molar-refractivity contribution in [3.63, 3.8) is 0 Å². The second-order valence-corrected chi connectivity index (χ2v) is 5.52. The van der Waals surface area contributed by atoms with Crippen LogP contribution >= 0.6 is 0 Å². The van der Waals surface area contributed by atoms with E-state index in [0.717, 1.165) is 49.3 Å². The van der Waals surface area contributed by atoms with Gasteiger partial charge in [-0.2, -0.15) is 0 Å². The van der Waals surface area contributed by atoms with Crippen molar-refractivity contribution in [2.24, 2.45) is 0 Å². The number of fused-ring (bicyclic) bond motifs is 1. The number of imidazole rings is 1. The van der Waals surface area contributed by atoms with Gasteiger partial charge in [0.05, 0.1) is 12.0 Å². The minimum atomic E-state index is 0.0744. The molecule has 1 atom stereocenters. The lowest BCUT2D eigenvalue weighted by molar-refractivity contribution is -0.0298. The molecule has 2 aromatic heterocycles. The monoisotopic (exact) mass is 275 g/mol. The van der Waals surface area contributed by atoms with Crippen molar-refractivity contribution in [3.05, 3.63) is 18.3 Å². The van der Waals surface area contributed by atoms with Crippen LogP contribution in [0.5, 0.6) is 0 Å². The summed E-state index contributed by atoms with van der Waals surface area (Å²) in [5, 5.41) is 0. The number of aromatic nitrogens is 4. The van der Waals surface area contributed by atoms with Gasteiger partial charge in [0.1, 0.15) is 18.1 Å². The number of likely N-dealkylation sites (N-methyl/N-ethyl adjacent to an activating group) is 1. The Labute approximate surface area is 118 Å². The van der Waals surface area contributed by atoms with Gasteiger partial charge in [-0.15, -0.1) is 0 Å². The predicted molar refractivity (Wildman–Crippen MR) is 76.4 cm³/mol. The van der Waals surface area contributed by atoms with Crippen LogP contribution in [0.2, 0.25) is 0 Å². The van der Waals surface area contributed by atoms with Crippen LogP contribution in [0.3, 0.4) is 0 Å². The van der Waals surface area contributed by atoms with Crippen molar-refractivity contribution in [3.8, 4) is 0 Å². The van der Waals surface area contributed by atoms with Gasteiger partial charge in [-0.05, 0) is 33.4 Å². The summed E-state index contributed by atoms with van der Waals surface area (Å²) < 4.78 is 7.87. The normalized spacial score (nSPS) is 19.9. The van der Waals surface area contributed by atoms with Gasteiger partial charge in [0, 0.05) is 19.6 Å². The van der Waals surface area contributed by atoms with Crippen molar-refractivity contribution >= 4 is 11.2 Å². The minimum Gasteiger partial charge on any atom is -0.358 e. The van der Waals surface area contributed by atoms with Crippen molar-refractivity contribution in [2.75, 3.05) is 27.2 Å². The molecule has 3 heterocycles. The smallest absolute Gasteiger partial charge is 0.165 e. The average molecular weight is 275 g/mol. The molecular weight excluding hydrogens is 254 g/mol. The van der Waals surface area contributed by atoms with E-state index >= 15 is 0 Å². The highest BCUT2D eigenvalue weighted by Gasteiger charge is 2.19. The highest BCUT2D eigenvalue weighted by molar-refractivity contribution is 5.73. The standard InChI is InChI=1S/C14H21N5O/c1-18(2)7-6-11-13-14(16-9-15-11)19(10-17-13)12-5-3-4-8-20-12/h9-10,12H,3-8H2,1-2H3. The van der Waals surface area contributed by atoms with Gasteiger partial charge in [-0.25, -0.2) is 15.0 Å². The molecule has 0 radical (unpaired) electrons. The third-order valence-electron chi connectivity index (χ3n) is 3.70. The van der Waals surface area contributed by atoms with Gasteiger partial charge in [-0.1, -0.05) is 0 Å². The summed E-state index contributed by atoms with van der Waals surface area (Å²) >= 11 is 0. The Hall–Kier alpha value is -1.53. The molecule has 1 aliphatic heterocycles. The highest BCUT2D eigenvalue weighted by Crippen LogP contribution is 2.26. The first-order valence-electron chi connectivity index (χ1n) is 7.18. The summed E-state index contributed by atoms with van der Waals surface area (Å²) in [6, 6.07) is 0. The molecule has 0 N–H and O–H groups in total. The second kappa shape index (κ2) is 5.85. The Morgan fingerprint density at radius 1 is 1.30 bits per heavy atom. The summed E-state index contributed by atoms with van der Waals surface area (Å²) in [5.41, 5.74) is 2.81. The predicted octanol–water partition coefficient (Wildman–Crippen LogP) is 1.63. The maximum absolute atomic E-state index is 5.82. The lowest BCUT2D eigenvalue weighted by Crippen LogP contribution is -2.18. The maximum Gasteiger partial charge on any atom is 0.165 e. The quantitative estimate of drug-likeness (QED) is 0.849. The first-order valence-corrected chi connectivity index (χ1v) is 7.18. The summed E-state index contributed by atoms with van der Waals surface area (Å²) in [4.78, 5) is 15.4. The van der Waals surface area contributed by atoms with Crippen LogP contribution in [-0.4, -0.2) is 51.7 Å². The molecule has 0 aromatic carbocycles. The number of hydrogen-bond acceptors (Lipinski definition) is 5. The molecule has 0 bridgehead atoms. The Balaban J connectivity index is 1.90. The summed E-state index contributed by atoms with van der Waals surface area (Å²) in [7, 11) is 4.12. The van der Waals surface area contributed by atoms with Crippen LogP contribution < -0.4 is 0 Å². The molecule has 20 heavy (non-hydrogen) atoms. The van der Waals surface area contributed by atoms with Crippen molar-refractivity contribution < 1.29 is 4.74 Å². The SMILES string of the molecule is CN(C)CCc1ncnc2c1ncn2C1CCCCO1. The zero-order chi connectivity index (χ0) is 13.9. The number of hydrogen-bond donors (Lipinski definition) is 0. The van der Waals surface area contributed by atoms with Crippen LogP contribution in [0.1, 0.15) is 31.2 Å². The van der Waals surface area contributed by atoms with E-state index in [1.807, 2.05) is 6.33 Å². The molecule has 0 spiro atoms. The second-order valence-electron chi connectivity index (χ2n) is 5.52. The average Bonchev–Trinajstić information content (AvgIpc) is 2.90. The Morgan fingerprint density at radius 2 is 2.20 bits per heavy atom. The van der Waals surface area contributed by atoms with E-state index in [1.165, 1.54) is 6.42 Å². The first-order chi connectivity index (χ1) is 9.75. The van der Waals surface area contributed by atoms with Gasteiger partial charge in [0.25, 0.3) is 0 Å².